The van der Waals surface area contributed by atoms with Crippen LogP contribution in [0.25, 0.3) is 0 Å². The van der Waals surface area contributed by atoms with Crippen LogP contribution in [-0.4, -0.2) is 18.0 Å². The van der Waals surface area contributed by atoms with Crippen molar-refractivity contribution in [1.29, 1.82) is 5.26 Å². The van der Waals surface area contributed by atoms with Gasteiger partial charge in [-0.1, -0.05) is 13.8 Å². The average Bonchev–Trinajstić information content (AvgIpc) is 2.32. The molecular formula is C15H19FN2. The van der Waals surface area contributed by atoms with Gasteiger partial charge in [-0.2, -0.15) is 5.26 Å². The summed E-state index contributed by atoms with van der Waals surface area (Å²) >= 11 is 0. The molecule has 0 aromatic heterocycles. The molecule has 0 saturated carbocycles. The van der Waals surface area contributed by atoms with Crippen molar-refractivity contribution < 1.29 is 4.39 Å². The molecule has 1 heterocycles. The normalized spacial score (nSPS) is 19.4. The third-order valence-corrected chi connectivity index (χ3v) is 3.79. The maximum Gasteiger partial charge on any atom is 0.123 e. The Bertz CT molecular complexity index is 464. The van der Waals surface area contributed by atoms with Gasteiger partial charge in [0.05, 0.1) is 11.6 Å². The minimum atomic E-state index is -0.263. The highest BCUT2D eigenvalue weighted by atomic mass is 19.1. The molecule has 1 fully saturated rings. The standard InChI is InChI=1S/C15H19FN2/c1-15(2)5-7-18(8-6-15)11-13-9-14(16)4-3-12(13)10-17/h3-4,9H,5-8,11H2,1-2H3. The Morgan fingerprint density at radius 3 is 2.61 bits per heavy atom. The minimum Gasteiger partial charge on any atom is -0.299 e. The molecular weight excluding hydrogens is 227 g/mol. The number of rotatable bonds is 2. The Morgan fingerprint density at radius 2 is 2.00 bits per heavy atom. The van der Waals surface area contributed by atoms with E-state index in [1.807, 2.05) is 0 Å². The zero-order valence-electron chi connectivity index (χ0n) is 11.0. The first kappa shape index (κ1) is 13.0. The van der Waals surface area contributed by atoms with Crippen LogP contribution in [0.1, 0.15) is 37.8 Å². The first-order valence-corrected chi connectivity index (χ1v) is 6.41. The molecule has 0 amide bonds. The van der Waals surface area contributed by atoms with Crippen molar-refractivity contribution in [3.05, 3.63) is 35.1 Å². The molecule has 0 atom stereocenters. The third-order valence-electron chi connectivity index (χ3n) is 3.79. The van der Waals surface area contributed by atoms with E-state index in [1.165, 1.54) is 12.1 Å². The highest BCUT2D eigenvalue weighted by Crippen LogP contribution is 2.30. The molecule has 0 spiro atoms. The summed E-state index contributed by atoms with van der Waals surface area (Å²) in [5.74, 6) is -0.263. The van der Waals surface area contributed by atoms with Crippen molar-refractivity contribution in [2.75, 3.05) is 13.1 Å². The van der Waals surface area contributed by atoms with Crippen molar-refractivity contribution in [2.45, 2.75) is 33.2 Å². The van der Waals surface area contributed by atoms with Gasteiger partial charge in [0.2, 0.25) is 0 Å². The summed E-state index contributed by atoms with van der Waals surface area (Å²) in [5.41, 5.74) is 1.80. The largest absolute Gasteiger partial charge is 0.299 e. The van der Waals surface area contributed by atoms with Gasteiger partial charge in [0.25, 0.3) is 0 Å². The topological polar surface area (TPSA) is 27.0 Å². The van der Waals surface area contributed by atoms with Gasteiger partial charge in [0, 0.05) is 6.54 Å². The Balaban J connectivity index is 2.07. The molecule has 2 nitrogen and oxygen atoms in total. The Morgan fingerprint density at radius 1 is 1.33 bits per heavy atom. The van der Waals surface area contributed by atoms with Crippen molar-refractivity contribution in [2.24, 2.45) is 5.41 Å². The summed E-state index contributed by atoms with van der Waals surface area (Å²) < 4.78 is 13.2. The van der Waals surface area contributed by atoms with E-state index in [1.54, 1.807) is 6.07 Å². The molecule has 1 aromatic rings. The van der Waals surface area contributed by atoms with Crippen LogP contribution in [0.2, 0.25) is 0 Å². The number of piperidine rings is 1. The zero-order chi connectivity index (χ0) is 13.2. The highest BCUT2D eigenvalue weighted by Gasteiger charge is 2.25. The maximum absolute atomic E-state index is 13.2. The van der Waals surface area contributed by atoms with E-state index in [0.717, 1.165) is 31.5 Å². The van der Waals surface area contributed by atoms with E-state index < -0.39 is 0 Å². The van der Waals surface area contributed by atoms with Gasteiger partial charge >= 0.3 is 0 Å². The Kier molecular flexibility index (Phi) is 3.68. The number of hydrogen-bond acceptors (Lipinski definition) is 2. The van der Waals surface area contributed by atoms with Crippen LogP contribution in [-0.2, 0) is 6.54 Å². The minimum absolute atomic E-state index is 0.263. The van der Waals surface area contributed by atoms with Gasteiger partial charge in [-0.15, -0.1) is 0 Å². The average molecular weight is 246 g/mol. The molecule has 0 radical (unpaired) electrons. The van der Waals surface area contributed by atoms with Gasteiger partial charge < -0.3 is 0 Å². The molecule has 0 N–H and O–H groups in total. The fraction of sp³-hybridized carbons (Fsp3) is 0.533. The van der Waals surface area contributed by atoms with Crippen molar-refractivity contribution in [3.63, 3.8) is 0 Å². The lowest BCUT2D eigenvalue weighted by Crippen LogP contribution is -2.36. The molecule has 0 aliphatic carbocycles. The second-order valence-corrected chi connectivity index (χ2v) is 5.85. The predicted octanol–water partition coefficient (Wildman–Crippen LogP) is 3.32. The van der Waals surface area contributed by atoms with Crippen molar-refractivity contribution in [1.82, 2.24) is 4.90 Å². The summed E-state index contributed by atoms with van der Waals surface area (Å²) in [6.45, 7) is 7.29. The van der Waals surface area contributed by atoms with E-state index in [9.17, 15) is 4.39 Å². The van der Waals surface area contributed by atoms with Crippen LogP contribution < -0.4 is 0 Å². The number of nitriles is 1. The lowest BCUT2D eigenvalue weighted by molar-refractivity contribution is 0.127. The molecule has 96 valence electrons. The molecule has 18 heavy (non-hydrogen) atoms. The van der Waals surface area contributed by atoms with Crippen LogP contribution in [0.4, 0.5) is 4.39 Å². The smallest absolute Gasteiger partial charge is 0.123 e. The molecule has 3 heteroatoms. The number of halogens is 1. The van der Waals surface area contributed by atoms with E-state index in [0.29, 0.717) is 17.5 Å². The molecule has 1 aliphatic rings. The first-order chi connectivity index (χ1) is 8.50. The Labute approximate surface area is 108 Å². The van der Waals surface area contributed by atoms with Gasteiger partial charge in [-0.25, -0.2) is 4.39 Å². The second-order valence-electron chi connectivity index (χ2n) is 5.85. The van der Waals surface area contributed by atoms with Crippen LogP contribution >= 0.6 is 0 Å². The van der Waals surface area contributed by atoms with Crippen LogP contribution in [0.5, 0.6) is 0 Å². The van der Waals surface area contributed by atoms with Crippen LogP contribution in [0.15, 0.2) is 18.2 Å². The predicted molar refractivity (Wildman–Crippen MR) is 69.4 cm³/mol. The molecule has 0 unspecified atom stereocenters. The SMILES string of the molecule is CC1(C)CCN(Cc2cc(F)ccc2C#N)CC1. The molecule has 0 bridgehead atoms. The molecule has 1 aliphatic heterocycles. The van der Waals surface area contributed by atoms with Crippen LogP contribution in [0, 0.1) is 22.6 Å². The zero-order valence-corrected chi connectivity index (χ0v) is 11.0. The van der Waals surface area contributed by atoms with Crippen LogP contribution in [0.3, 0.4) is 0 Å². The summed E-state index contributed by atoms with van der Waals surface area (Å²) in [5, 5.41) is 9.03. The fourth-order valence-electron chi connectivity index (χ4n) is 2.36. The van der Waals surface area contributed by atoms with E-state index >= 15 is 0 Å². The van der Waals surface area contributed by atoms with Gasteiger partial charge in [-0.3, -0.25) is 4.90 Å². The molecule has 1 aromatic carbocycles. The lowest BCUT2D eigenvalue weighted by atomic mass is 9.82. The van der Waals surface area contributed by atoms with Crippen molar-refractivity contribution >= 4 is 0 Å². The molecule has 1 saturated heterocycles. The first-order valence-electron chi connectivity index (χ1n) is 6.41. The van der Waals surface area contributed by atoms with Gasteiger partial charge in [-0.05, 0) is 55.1 Å². The van der Waals surface area contributed by atoms with Crippen molar-refractivity contribution in [3.8, 4) is 6.07 Å². The summed E-state index contributed by atoms with van der Waals surface area (Å²) in [4.78, 5) is 2.31. The number of benzene rings is 1. The third kappa shape index (κ3) is 3.08. The highest BCUT2D eigenvalue weighted by molar-refractivity contribution is 5.37. The summed E-state index contributed by atoms with van der Waals surface area (Å²) in [7, 11) is 0. The van der Waals surface area contributed by atoms with Gasteiger partial charge in [0.1, 0.15) is 5.82 Å². The Hall–Kier alpha value is -1.40. The fourth-order valence-corrected chi connectivity index (χ4v) is 2.36. The van der Waals surface area contributed by atoms with Gasteiger partial charge in [0.15, 0.2) is 0 Å². The van der Waals surface area contributed by atoms with E-state index in [2.05, 4.69) is 24.8 Å². The number of nitrogens with zero attached hydrogens (tertiary/aromatic N) is 2. The van der Waals surface area contributed by atoms with E-state index in [-0.39, 0.29) is 5.82 Å². The monoisotopic (exact) mass is 246 g/mol. The molecule has 2 rings (SSSR count). The quantitative estimate of drug-likeness (QED) is 0.800. The second kappa shape index (κ2) is 5.07. The lowest BCUT2D eigenvalue weighted by Gasteiger charge is -2.37. The number of hydrogen-bond donors (Lipinski definition) is 0. The summed E-state index contributed by atoms with van der Waals surface area (Å²) in [6, 6.07) is 6.54. The maximum atomic E-state index is 13.2. The summed E-state index contributed by atoms with van der Waals surface area (Å²) in [6.07, 6.45) is 2.31. The number of likely N-dealkylation sites (tertiary alicyclic amines) is 1. The van der Waals surface area contributed by atoms with E-state index in [4.69, 9.17) is 5.26 Å².